The first-order valence-electron chi connectivity index (χ1n) is 9.02. The number of amidine groups is 2. The predicted octanol–water partition coefficient (Wildman–Crippen LogP) is 4.56. The van der Waals surface area contributed by atoms with Crippen LogP contribution in [0.15, 0.2) is 52.2 Å². The van der Waals surface area contributed by atoms with E-state index in [4.69, 9.17) is 21.7 Å². The molecule has 1 N–H and O–H groups in total. The second kappa shape index (κ2) is 7.88. The van der Waals surface area contributed by atoms with E-state index in [2.05, 4.69) is 17.0 Å². The number of carbonyl (C=O) groups is 1. The Hall–Kier alpha value is -2.84. The summed E-state index contributed by atoms with van der Waals surface area (Å²) in [7, 11) is 1.59. The Morgan fingerprint density at radius 2 is 2.17 bits per heavy atom. The number of amides is 1. The highest BCUT2D eigenvalue weighted by molar-refractivity contribution is 8.26. The van der Waals surface area contributed by atoms with Gasteiger partial charge in [0.1, 0.15) is 10.8 Å². The SMILES string of the molecule is CCCC1=NN2C(=N)/C(=C/c3cccn3-c3cc(Cl)ccc3OC)C(=O)N=C2S1. The first-order chi connectivity index (χ1) is 14.0. The zero-order chi connectivity index (χ0) is 20.5. The first-order valence-corrected chi connectivity index (χ1v) is 10.2. The summed E-state index contributed by atoms with van der Waals surface area (Å²) < 4.78 is 7.29. The number of ether oxygens (including phenoxy) is 1. The van der Waals surface area contributed by atoms with Gasteiger partial charge in [-0.05, 0) is 61.0 Å². The van der Waals surface area contributed by atoms with Crippen molar-refractivity contribution in [1.29, 1.82) is 5.41 Å². The third kappa shape index (κ3) is 3.61. The van der Waals surface area contributed by atoms with Crippen molar-refractivity contribution in [1.82, 2.24) is 9.58 Å². The predicted molar refractivity (Wildman–Crippen MR) is 117 cm³/mol. The molecular weight excluding hydrogens is 410 g/mol. The number of hydrogen-bond donors (Lipinski definition) is 1. The largest absolute Gasteiger partial charge is 0.495 e. The smallest absolute Gasteiger partial charge is 0.283 e. The summed E-state index contributed by atoms with van der Waals surface area (Å²) in [6.45, 7) is 2.06. The summed E-state index contributed by atoms with van der Waals surface area (Å²) in [6.07, 6.45) is 5.21. The molecule has 1 aromatic heterocycles. The normalized spacial score (nSPS) is 17.5. The van der Waals surface area contributed by atoms with Crippen LogP contribution in [0, 0.1) is 5.41 Å². The lowest BCUT2D eigenvalue weighted by Gasteiger charge is -2.20. The summed E-state index contributed by atoms with van der Waals surface area (Å²) in [6, 6.07) is 9.01. The van der Waals surface area contributed by atoms with Gasteiger partial charge in [0, 0.05) is 16.9 Å². The molecule has 0 radical (unpaired) electrons. The number of carbonyl (C=O) groups excluding carboxylic acids is 1. The summed E-state index contributed by atoms with van der Waals surface area (Å²) in [4.78, 5) is 16.7. The molecule has 0 spiro atoms. The van der Waals surface area contributed by atoms with E-state index in [0.29, 0.717) is 21.6 Å². The fourth-order valence-corrected chi connectivity index (χ4v) is 4.23. The van der Waals surface area contributed by atoms with Crippen molar-refractivity contribution in [3.63, 3.8) is 0 Å². The molecule has 2 aliphatic heterocycles. The number of nitrogens with one attached hydrogen (secondary N) is 1. The lowest BCUT2D eigenvalue weighted by Crippen LogP contribution is -2.35. The van der Waals surface area contributed by atoms with E-state index in [1.54, 1.807) is 31.4 Å². The van der Waals surface area contributed by atoms with Gasteiger partial charge in [0.25, 0.3) is 5.91 Å². The Morgan fingerprint density at radius 1 is 1.34 bits per heavy atom. The van der Waals surface area contributed by atoms with Crippen LogP contribution in [0.2, 0.25) is 5.02 Å². The lowest BCUT2D eigenvalue weighted by atomic mass is 10.1. The third-order valence-electron chi connectivity index (χ3n) is 4.43. The van der Waals surface area contributed by atoms with E-state index in [9.17, 15) is 4.79 Å². The monoisotopic (exact) mass is 427 g/mol. The molecule has 2 aliphatic rings. The van der Waals surface area contributed by atoms with E-state index in [1.165, 1.54) is 16.8 Å². The van der Waals surface area contributed by atoms with E-state index in [1.807, 2.05) is 22.9 Å². The Balaban J connectivity index is 1.74. The highest BCUT2D eigenvalue weighted by Crippen LogP contribution is 2.31. The molecule has 2 aromatic rings. The van der Waals surface area contributed by atoms with Gasteiger partial charge in [0.15, 0.2) is 5.84 Å². The average molecular weight is 428 g/mol. The molecule has 0 fully saturated rings. The van der Waals surface area contributed by atoms with Crippen molar-refractivity contribution in [3.05, 3.63) is 52.8 Å². The van der Waals surface area contributed by atoms with Crippen LogP contribution in [0.25, 0.3) is 11.8 Å². The van der Waals surface area contributed by atoms with Gasteiger partial charge in [-0.3, -0.25) is 10.2 Å². The fraction of sp³-hybridized carbons (Fsp3) is 0.200. The quantitative estimate of drug-likeness (QED) is 0.709. The number of benzene rings is 1. The molecule has 0 saturated carbocycles. The average Bonchev–Trinajstić information content (AvgIpc) is 3.32. The van der Waals surface area contributed by atoms with Crippen molar-refractivity contribution < 1.29 is 9.53 Å². The number of hydrogen-bond acceptors (Lipinski definition) is 5. The van der Waals surface area contributed by atoms with Crippen molar-refractivity contribution >= 4 is 51.4 Å². The van der Waals surface area contributed by atoms with Crippen molar-refractivity contribution in [2.45, 2.75) is 19.8 Å². The minimum Gasteiger partial charge on any atom is -0.495 e. The molecule has 9 heteroatoms. The second-order valence-electron chi connectivity index (χ2n) is 6.38. The molecule has 0 saturated heterocycles. The van der Waals surface area contributed by atoms with Crippen molar-refractivity contribution in [3.8, 4) is 11.4 Å². The van der Waals surface area contributed by atoms with Crippen LogP contribution in [0.1, 0.15) is 25.5 Å². The van der Waals surface area contributed by atoms with E-state index >= 15 is 0 Å². The maximum absolute atomic E-state index is 12.6. The molecule has 0 bridgehead atoms. The van der Waals surface area contributed by atoms with Crippen molar-refractivity contribution in [2.75, 3.05) is 7.11 Å². The van der Waals surface area contributed by atoms with Gasteiger partial charge >= 0.3 is 0 Å². The zero-order valence-electron chi connectivity index (χ0n) is 15.8. The molecule has 0 unspecified atom stereocenters. The topological polar surface area (TPSA) is 83.0 Å². The van der Waals surface area contributed by atoms with E-state index in [0.717, 1.165) is 23.6 Å². The van der Waals surface area contributed by atoms with Gasteiger partial charge in [0.2, 0.25) is 5.17 Å². The first kappa shape index (κ1) is 19.5. The molecule has 0 atom stereocenters. The Morgan fingerprint density at radius 3 is 2.93 bits per heavy atom. The van der Waals surface area contributed by atoms with Crippen LogP contribution in [0.4, 0.5) is 0 Å². The van der Waals surface area contributed by atoms with E-state index in [-0.39, 0.29) is 11.4 Å². The molecule has 4 rings (SSSR count). The van der Waals surface area contributed by atoms with Gasteiger partial charge < -0.3 is 9.30 Å². The van der Waals surface area contributed by atoms with Crippen molar-refractivity contribution in [2.24, 2.45) is 10.1 Å². The Labute approximate surface area is 177 Å². The third-order valence-corrected chi connectivity index (χ3v) is 5.64. The van der Waals surface area contributed by atoms with Gasteiger partial charge in [-0.15, -0.1) is 0 Å². The number of fused-ring (bicyclic) bond motifs is 1. The van der Waals surface area contributed by atoms with Crippen LogP contribution in [0.5, 0.6) is 5.75 Å². The number of methoxy groups -OCH3 is 1. The molecule has 3 heterocycles. The van der Waals surface area contributed by atoms with Crippen LogP contribution in [-0.2, 0) is 4.79 Å². The van der Waals surface area contributed by atoms with Gasteiger partial charge in [0.05, 0.1) is 18.4 Å². The number of aliphatic imine (C=N–C) groups is 1. The number of aromatic nitrogens is 1. The lowest BCUT2D eigenvalue weighted by molar-refractivity contribution is -0.114. The van der Waals surface area contributed by atoms with Gasteiger partial charge in [-0.2, -0.15) is 15.1 Å². The number of thioether (sulfide) groups is 1. The molecule has 0 aliphatic carbocycles. The van der Waals surface area contributed by atoms with Crippen LogP contribution in [0.3, 0.4) is 0 Å². The highest BCUT2D eigenvalue weighted by Gasteiger charge is 2.35. The summed E-state index contributed by atoms with van der Waals surface area (Å²) in [5.41, 5.74) is 1.61. The summed E-state index contributed by atoms with van der Waals surface area (Å²) in [5, 5.41) is 16.2. The maximum atomic E-state index is 12.6. The number of hydrazone groups is 1. The Bertz CT molecular complexity index is 1100. The van der Waals surface area contributed by atoms with Crippen LogP contribution >= 0.6 is 23.4 Å². The Kier molecular flexibility index (Phi) is 5.29. The zero-order valence-corrected chi connectivity index (χ0v) is 17.4. The highest BCUT2D eigenvalue weighted by atomic mass is 35.5. The number of nitrogens with zero attached hydrogens (tertiary/aromatic N) is 4. The fourth-order valence-electron chi connectivity index (χ4n) is 3.08. The van der Waals surface area contributed by atoms with Crippen LogP contribution < -0.4 is 4.74 Å². The maximum Gasteiger partial charge on any atom is 0.283 e. The minimum absolute atomic E-state index is 0.0180. The molecular formula is C20H18ClN5O2S. The molecule has 7 nitrogen and oxygen atoms in total. The molecule has 148 valence electrons. The van der Waals surface area contributed by atoms with E-state index < -0.39 is 5.91 Å². The van der Waals surface area contributed by atoms with Crippen LogP contribution in [-0.4, -0.2) is 38.6 Å². The van der Waals surface area contributed by atoms with Gasteiger partial charge in [-0.25, -0.2) is 0 Å². The second-order valence-corrected chi connectivity index (χ2v) is 7.86. The summed E-state index contributed by atoms with van der Waals surface area (Å²) >= 11 is 7.51. The molecule has 1 aromatic carbocycles. The molecule has 29 heavy (non-hydrogen) atoms. The minimum atomic E-state index is -0.451. The number of halogens is 1. The number of rotatable bonds is 5. The molecule has 1 amide bonds. The van der Waals surface area contributed by atoms with Gasteiger partial charge in [-0.1, -0.05) is 18.5 Å². The standard InChI is InChI=1S/C20H18ClN5O2S/c1-3-5-17-24-26-18(22)14(19(27)23-20(26)29-17)11-13-6-4-9-25(13)15-10-12(21)7-8-16(15)28-2/h4,6-11,22H,3,5H2,1-2H3/b14-11-,22-18?. The summed E-state index contributed by atoms with van der Waals surface area (Å²) in [5.74, 6) is 0.206.